The van der Waals surface area contributed by atoms with Gasteiger partial charge in [-0.1, -0.05) is 11.8 Å². The monoisotopic (exact) mass is 418 g/mol. The molecule has 2 atom stereocenters. The highest BCUT2D eigenvalue weighted by Crippen LogP contribution is 2.26. The number of likely N-dealkylation sites (N-methyl/N-ethyl adjacent to an activating group) is 2. The van der Waals surface area contributed by atoms with Gasteiger partial charge in [0.05, 0.1) is 0 Å². The van der Waals surface area contributed by atoms with Crippen LogP contribution in [-0.4, -0.2) is 112 Å². The van der Waals surface area contributed by atoms with Gasteiger partial charge in [0.25, 0.3) is 5.91 Å². The van der Waals surface area contributed by atoms with Gasteiger partial charge in [0, 0.05) is 57.9 Å². The number of amides is 3. The smallest absolute Gasteiger partial charge is 0.325 e. The lowest BCUT2D eigenvalue weighted by Crippen LogP contribution is -2.64. The van der Waals surface area contributed by atoms with Gasteiger partial charge in [-0.3, -0.25) is 10.1 Å². The molecule has 0 aliphatic carbocycles. The molecule has 3 aliphatic heterocycles. The van der Waals surface area contributed by atoms with Gasteiger partial charge in [0.1, 0.15) is 0 Å². The maximum absolute atomic E-state index is 12.7. The molecule has 10 nitrogen and oxygen atoms in total. The van der Waals surface area contributed by atoms with Crippen molar-refractivity contribution in [3.05, 3.63) is 18.5 Å². The third kappa shape index (κ3) is 4.15. The van der Waals surface area contributed by atoms with Crippen molar-refractivity contribution in [2.24, 2.45) is 4.99 Å². The predicted molar refractivity (Wildman–Crippen MR) is 109 cm³/mol. The molecular formula is C18H26N8O2S. The standard InChI is InChI=1S/C18H26N8O2S/c1-23-8-10-25(11-9-23)17-21-14-13(15(27)22-18(28)24(14)2)26(17)7-4-12-29-16-19-5-3-6-20-16/h3,5-6,13-14H,4,7-12H2,1-2H3,(H,22,27,28). The number of imide groups is 1. The van der Waals surface area contributed by atoms with Gasteiger partial charge in [0.15, 0.2) is 23.3 Å². The predicted octanol–water partition coefficient (Wildman–Crippen LogP) is -0.246. The molecule has 1 aromatic rings. The Morgan fingerprint density at radius 1 is 1.14 bits per heavy atom. The van der Waals surface area contributed by atoms with Crippen molar-refractivity contribution < 1.29 is 9.59 Å². The first-order chi connectivity index (χ1) is 14.0. The number of thioether (sulfide) groups is 1. The molecule has 11 heteroatoms. The summed E-state index contributed by atoms with van der Waals surface area (Å²) in [6, 6.07) is 0.925. The van der Waals surface area contributed by atoms with Gasteiger partial charge in [-0.15, -0.1) is 0 Å². The minimum Gasteiger partial charge on any atom is -0.340 e. The molecule has 3 aliphatic rings. The first-order valence-corrected chi connectivity index (χ1v) is 10.8. The average molecular weight is 419 g/mol. The normalized spacial score (nSPS) is 25.2. The van der Waals surface area contributed by atoms with Crippen LogP contribution in [0.1, 0.15) is 6.42 Å². The molecule has 2 unspecified atom stereocenters. The summed E-state index contributed by atoms with van der Waals surface area (Å²) in [6.45, 7) is 4.30. The SMILES string of the molecule is CN1CCN(C2=NC3C(C(=O)NC(=O)N3C)N2CCCSc2ncccn2)CC1. The van der Waals surface area contributed by atoms with Gasteiger partial charge < -0.3 is 19.6 Å². The van der Waals surface area contributed by atoms with Gasteiger partial charge in [0.2, 0.25) is 0 Å². The van der Waals surface area contributed by atoms with E-state index in [-0.39, 0.29) is 5.91 Å². The van der Waals surface area contributed by atoms with E-state index in [2.05, 4.69) is 37.0 Å². The van der Waals surface area contributed by atoms with Crippen LogP contribution in [0.25, 0.3) is 0 Å². The third-order valence-corrected chi connectivity index (χ3v) is 6.40. The number of rotatable bonds is 5. The van der Waals surface area contributed by atoms with E-state index in [1.807, 2.05) is 0 Å². The van der Waals surface area contributed by atoms with E-state index in [9.17, 15) is 9.59 Å². The van der Waals surface area contributed by atoms with Gasteiger partial charge in [-0.25, -0.2) is 19.8 Å². The molecule has 1 N–H and O–H groups in total. The molecule has 3 amide bonds. The molecule has 0 radical (unpaired) electrons. The Labute approximate surface area is 174 Å². The number of carbonyl (C=O) groups excluding carboxylic acids is 2. The zero-order chi connectivity index (χ0) is 20.4. The quantitative estimate of drug-likeness (QED) is 0.397. The summed E-state index contributed by atoms with van der Waals surface area (Å²) in [7, 11) is 3.80. The maximum Gasteiger partial charge on any atom is 0.325 e. The van der Waals surface area contributed by atoms with Crippen molar-refractivity contribution in [1.82, 2.24) is 34.9 Å². The van der Waals surface area contributed by atoms with E-state index < -0.39 is 18.2 Å². The van der Waals surface area contributed by atoms with E-state index in [1.165, 1.54) is 4.90 Å². The fraction of sp³-hybridized carbons (Fsp3) is 0.611. The van der Waals surface area contributed by atoms with E-state index in [4.69, 9.17) is 4.99 Å². The second kappa shape index (κ2) is 8.54. The van der Waals surface area contributed by atoms with E-state index >= 15 is 0 Å². The first-order valence-electron chi connectivity index (χ1n) is 9.80. The highest BCUT2D eigenvalue weighted by atomic mass is 32.2. The van der Waals surface area contributed by atoms with Crippen LogP contribution in [0.5, 0.6) is 0 Å². The van der Waals surface area contributed by atoms with Crippen LogP contribution in [0.15, 0.2) is 28.6 Å². The number of fused-ring (bicyclic) bond motifs is 1. The first kappa shape index (κ1) is 19.9. The van der Waals surface area contributed by atoms with Crippen LogP contribution in [0.4, 0.5) is 4.79 Å². The number of aliphatic imine (C=N–C) groups is 1. The minimum atomic E-state index is -0.481. The van der Waals surface area contributed by atoms with Crippen molar-refractivity contribution in [1.29, 1.82) is 0 Å². The topological polar surface area (TPSA) is 97.3 Å². The van der Waals surface area contributed by atoms with E-state index in [0.29, 0.717) is 6.54 Å². The Morgan fingerprint density at radius 2 is 1.86 bits per heavy atom. The summed E-state index contributed by atoms with van der Waals surface area (Å²) in [5.74, 6) is 1.39. The number of hydrogen-bond donors (Lipinski definition) is 1. The lowest BCUT2D eigenvalue weighted by molar-refractivity contribution is -0.127. The number of aromatic nitrogens is 2. The van der Waals surface area contributed by atoms with Gasteiger partial charge in [-0.2, -0.15) is 0 Å². The second-order valence-corrected chi connectivity index (χ2v) is 8.47. The molecule has 0 saturated carbocycles. The Morgan fingerprint density at radius 3 is 2.59 bits per heavy atom. The molecular weight excluding hydrogens is 392 g/mol. The van der Waals surface area contributed by atoms with Crippen LogP contribution in [-0.2, 0) is 4.79 Å². The van der Waals surface area contributed by atoms with E-state index in [1.54, 1.807) is 37.3 Å². The number of nitrogens with one attached hydrogen (secondary N) is 1. The van der Waals surface area contributed by atoms with Crippen LogP contribution in [0.2, 0.25) is 0 Å². The molecule has 2 fully saturated rings. The van der Waals surface area contributed by atoms with Crippen molar-refractivity contribution in [3.63, 3.8) is 0 Å². The average Bonchev–Trinajstić information content (AvgIpc) is 3.11. The lowest BCUT2D eigenvalue weighted by Gasteiger charge is -2.39. The van der Waals surface area contributed by atoms with Crippen molar-refractivity contribution in [2.75, 3.05) is 52.6 Å². The van der Waals surface area contributed by atoms with Crippen LogP contribution in [0.3, 0.4) is 0 Å². The zero-order valence-electron chi connectivity index (χ0n) is 16.7. The van der Waals surface area contributed by atoms with Crippen LogP contribution >= 0.6 is 11.8 Å². The van der Waals surface area contributed by atoms with Crippen LogP contribution in [0, 0.1) is 0 Å². The number of hydrogen-bond acceptors (Lipinski definition) is 9. The van der Waals surface area contributed by atoms with Crippen molar-refractivity contribution in [2.45, 2.75) is 23.8 Å². The number of guanidine groups is 1. The Hall–Kier alpha value is -2.40. The number of urea groups is 1. The highest BCUT2D eigenvalue weighted by molar-refractivity contribution is 7.99. The molecule has 4 rings (SSSR count). The molecule has 29 heavy (non-hydrogen) atoms. The molecule has 0 spiro atoms. The summed E-state index contributed by atoms with van der Waals surface area (Å²) in [5.41, 5.74) is 0. The van der Waals surface area contributed by atoms with Gasteiger partial charge in [-0.05, 0) is 19.5 Å². The fourth-order valence-electron chi connectivity index (χ4n) is 3.78. The maximum atomic E-state index is 12.7. The summed E-state index contributed by atoms with van der Waals surface area (Å²) in [6.07, 6.45) is 3.84. The molecule has 1 aromatic heterocycles. The summed E-state index contributed by atoms with van der Waals surface area (Å²) in [5, 5.41) is 3.21. The van der Waals surface area contributed by atoms with E-state index in [0.717, 1.165) is 49.5 Å². The fourth-order valence-corrected chi connectivity index (χ4v) is 4.51. The minimum absolute atomic E-state index is 0.273. The Bertz CT molecular complexity index is 783. The molecule has 0 bridgehead atoms. The third-order valence-electron chi connectivity index (χ3n) is 5.44. The van der Waals surface area contributed by atoms with Crippen molar-refractivity contribution in [3.8, 4) is 0 Å². The molecule has 4 heterocycles. The Balaban J connectivity index is 1.46. The molecule has 156 valence electrons. The van der Waals surface area contributed by atoms with Crippen LogP contribution < -0.4 is 5.32 Å². The van der Waals surface area contributed by atoms with Gasteiger partial charge >= 0.3 is 6.03 Å². The summed E-state index contributed by atoms with van der Waals surface area (Å²) in [4.78, 5) is 46.1. The van der Waals surface area contributed by atoms with Crippen molar-refractivity contribution >= 4 is 29.7 Å². The molecule has 0 aromatic carbocycles. The Kier molecular flexibility index (Phi) is 5.86. The summed E-state index contributed by atoms with van der Waals surface area (Å²) >= 11 is 1.60. The highest BCUT2D eigenvalue weighted by Gasteiger charge is 2.49. The second-order valence-electron chi connectivity index (χ2n) is 7.41. The zero-order valence-corrected chi connectivity index (χ0v) is 17.5. The number of nitrogens with zero attached hydrogens (tertiary/aromatic N) is 7. The lowest BCUT2D eigenvalue weighted by atomic mass is 10.1. The summed E-state index contributed by atoms with van der Waals surface area (Å²) < 4.78 is 0. The molecule has 2 saturated heterocycles. The largest absolute Gasteiger partial charge is 0.340 e. The number of piperazine rings is 1. The number of carbonyl (C=O) groups is 2.